The van der Waals surface area contributed by atoms with Crippen LogP contribution in [0.15, 0.2) is 72.8 Å². The van der Waals surface area contributed by atoms with Crippen LogP contribution in [0.5, 0.6) is 0 Å². The van der Waals surface area contributed by atoms with E-state index in [0.717, 1.165) is 0 Å². The number of hydrogen-bond donors (Lipinski definition) is 0. The molecule has 4 rings (SSSR count). The zero-order valence-corrected chi connectivity index (χ0v) is 26.0. The van der Waals surface area contributed by atoms with Gasteiger partial charge in [0.15, 0.2) is 0 Å². The van der Waals surface area contributed by atoms with Gasteiger partial charge in [0.1, 0.15) is 0 Å². The summed E-state index contributed by atoms with van der Waals surface area (Å²) in [6, 6.07) is 26.9. The second-order valence-corrected chi connectivity index (χ2v) is 10.3. The largest absolute Gasteiger partial charge is 4.00 e. The molecule has 4 aromatic carbocycles. The van der Waals surface area contributed by atoms with Crippen LogP contribution in [0.1, 0.15) is 50.0 Å². The third kappa shape index (κ3) is 7.19. The molecule has 0 N–H and O–H groups in total. The maximum absolute atomic E-state index is 2.37. The predicted octanol–water partition coefficient (Wildman–Crippen LogP) is -1.95. The summed E-state index contributed by atoms with van der Waals surface area (Å²) in [5.74, 6) is 0. The van der Waals surface area contributed by atoms with Gasteiger partial charge < -0.3 is 37.2 Å². The van der Waals surface area contributed by atoms with Gasteiger partial charge in [-0.1, -0.05) is 115 Å². The molecule has 0 aromatic heterocycles. The first-order valence-corrected chi connectivity index (χ1v) is 12.2. The van der Waals surface area contributed by atoms with Crippen LogP contribution >= 0.6 is 0 Å². The maximum Gasteiger partial charge on any atom is 4.00 e. The van der Waals surface area contributed by atoms with Gasteiger partial charge in [0, 0.05) is 0 Å². The minimum absolute atomic E-state index is 0. The average molecular weight is 574 g/mol. The smallest absolute Gasteiger partial charge is 1.00 e. The number of hydrogen-bond acceptors (Lipinski definition) is 0. The van der Waals surface area contributed by atoms with Crippen molar-refractivity contribution in [3.8, 4) is 11.1 Å². The Kier molecular flexibility index (Phi) is 14.0. The standard InChI is InChI=1S/C30H31Si.3ClH.Ti/c1-19-16-20(2)18-26(17-19)31-30(27-15-11-10-12-21(27)3)29-24(6)22(4)23(5)28(29)25-13-8-7-9-14-25;;;;/h7-18,30H,1-6H3;3*1H;/q-1;;;;+4/p-3. The van der Waals surface area contributed by atoms with E-state index in [1.54, 1.807) is 0 Å². The van der Waals surface area contributed by atoms with E-state index in [2.05, 4.69) is 114 Å². The first-order chi connectivity index (χ1) is 14.9. The van der Waals surface area contributed by atoms with E-state index in [0.29, 0.717) is 15.1 Å². The second kappa shape index (κ2) is 14.5. The van der Waals surface area contributed by atoms with Crippen LogP contribution in [0.2, 0.25) is 0 Å². The molecule has 1 atom stereocenters. The molecule has 1 unspecified atom stereocenters. The summed E-state index contributed by atoms with van der Waals surface area (Å²) in [5, 5.41) is 1.45. The molecular formula is C30H31Cl3SiTi. The summed E-state index contributed by atoms with van der Waals surface area (Å²) in [5.41, 5.74) is 14.4. The van der Waals surface area contributed by atoms with E-state index in [1.807, 2.05) is 0 Å². The molecule has 35 heavy (non-hydrogen) atoms. The van der Waals surface area contributed by atoms with Crippen molar-refractivity contribution in [3.05, 3.63) is 117 Å². The molecule has 0 aliphatic heterocycles. The van der Waals surface area contributed by atoms with Crippen molar-refractivity contribution in [1.82, 2.24) is 0 Å². The summed E-state index contributed by atoms with van der Waals surface area (Å²) in [6.45, 7) is 13.6. The Morgan fingerprint density at radius 2 is 1.20 bits per heavy atom. The minimum atomic E-state index is 0. The van der Waals surface area contributed by atoms with Crippen molar-refractivity contribution in [3.63, 3.8) is 0 Å². The molecule has 180 valence electrons. The molecule has 0 fully saturated rings. The third-order valence-corrected chi connectivity index (χ3v) is 8.07. The Labute approximate surface area is 247 Å². The SMILES string of the molecule is Cc1cc(C)cc([Si]C(c2ccccc2C)[c-]2c(C)c(C)c(C)c2-c2ccccc2)c1.[Cl-].[Cl-].[Cl-].[Ti+4]. The zero-order chi connectivity index (χ0) is 22.1. The predicted molar refractivity (Wildman–Crippen MR) is 136 cm³/mol. The number of halogens is 3. The van der Waals surface area contributed by atoms with Gasteiger partial charge in [-0.2, -0.15) is 11.1 Å². The first kappa shape index (κ1) is 33.8. The molecule has 0 saturated carbocycles. The Morgan fingerprint density at radius 3 is 1.77 bits per heavy atom. The zero-order valence-electron chi connectivity index (χ0n) is 21.1. The summed E-state index contributed by atoms with van der Waals surface area (Å²) in [7, 11) is 0.687. The van der Waals surface area contributed by atoms with E-state index in [1.165, 1.54) is 60.8 Å². The van der Waals surface area contributed by atoms with E-state index in [4.69, 9.17) is 0 Å². The molecule has 2 radical (unpaired) electrons. The van der Waals surface area contributed by atoms with Crippen molar-refractivity contribution < 1.29 is 58.9 Å². The Hall–Kier alpha value is -1.19. The third-order valence-electron chi connectivity index (χ3n) is 6.56. The summed E-state index contributed by atoms with van der Waals surface area (Å²) in [6.07, 6.45) is 0. The van der Waals surface area contributed by atoms with Gasteiger partial charge in [0.25, 0.3) is 0 Å². The Morgan fingerprint density at radius 1 is 0.657 bits per heavy atom. The Balaban J connectivity index is 0.00000289. The van der Waals surface area contributed by atoms with Crippen LogP contribution in [0.25, 0.3) is 11.1 Å². The topological polar surface area (TPSA) is 0 Å². The fourth-order valence-corrected chi connectivity index (χ4v) is 6.78. The fraction of sp³-hybridized carbons (Fsp3) is 0.233. The summed E-state index contributed by atoms with van der Waals surface area (Å²) >= 11 is 0. The van der Waals surface area contributed by atoms with Crippen LogP contribution in [0, 0.1) is 41.5 Å². The molecule has 0 aliphatic rings. The van der Waals surface area contributed by atoms with Crippen molar-refractivity contribution in [1.29, 1.82) is 0 Å². The quantitative estimate of drug-likeness (QED) is 0.193. The minimum Gasteiger partial charge on any atom is -1.00 e. The summed E-state index contributed by atoms with van der Waals surface area (Å²) < 4.78 is 0. The van der Waals surface area contributed by atoms with Crippen LogP contribution in [0.4, 0.5) is 0 Å². The van der Waals surface area contributed by atoms with E-state index in [9.17, 15) is 0 Å². The van der Waals surface area contributed by atoms with Crippen LogP contribution < -0.4 is 42.4 Å². The summed E-state index contributed by atoms with van der Waals surface area (Å²) in [4.78, 5) is 0. The van der Waals surface area contributed by atoms with Gasteiger partial charge in [-0.05, 0) is 37.4 Å². The molecule has 0 amide bonds. The van der Waals surface area contributed by atoms with Crippen LogP contribution in [-0.2, 0) is 21.7 Å². The fourth-order valence-electron chi connectivity index (χ4n) is 4.84. The van der Waals surface area contributed by atoms with E-state index >= 15 is 0 Å². The van der Waals surface area contributed by atoms with Crippen molar-refractivity contribution in [2.75, 3.05) is 0 Å². The normalized spacial score (nSPS) is 10.8. The van der Waals surface area contributed by atoms with Crippen LogP contribution in [-0.4, -0.2) is 9.52 Å². The van der Waals surface area contributed by atoms with Crippen molar-refractivity contribution >= 4 is 14.7 Å². The van der Waals surface area contributed by atoms with Crippen molar-refractivity contribution in [2.45, 2.75) is 47.1 Å². The van der Waals surface area contributed by atoms with Crippen LogP contribution in [0.3, 0.4) is 0 Å². The molecule has 0 spiro atoms. The number of rotatable bonds is 5. The van der Waals surface area contributed by atoms with Gasteiger partial charge in [0.05, 0.1) is 9.52 Å². The van der Waals surface area contributed by atoms with Gasteiger partial charge in [-0.25, -0.2) is 0 Å². The second-order valence-electron chi connectivity index (χ2n) is 8.84. The molecule has 0 bridgehead atoms. The number of aryl methyl sites for hydroxylation is 3. The molecule has 5 heteroatoms. The molecular weight excluding hydrogens is 543 g/mol. The first-order valence-electron chi connectivity index (χ1n) is 11.1. The van der Waals surface area contributed by atoms with Gasteiger partial charge in [0.2, 0.25) is 0 Å². The molecule has 0 nitrogen and oxygen atoms in total. The Bertz CT molecular complexity index is 1210. The molecule has 0 heterocycles. The van der Waals surface area contributed by atoms with E-state index < -0.39 is 0 Å². The van der Waals surface area contributed by atoms with Crippen molar-refractivity contribution in [2.24, 2.45) is 0 Å². The van der Waals surface area contributed by atoms with E-state index in [-0.39, 0.29) is 58.9 Å². The molecule has 0 saturated heterocycles. The van der Waals surface area contributed by atoms with Gasteiger partial charge in [-0.3, -0.25) is 0 Å². The number of benzene rings is 3. The average Bonchev–Trinajstić information content (AvgIpc) is 2.96. The molecule has 0 aliphatic carbocycles. The maximum atomic E-state index is 2.37. The monoisotopic (exact) mass is 572 g/mol. The van der Waals surface area contributed by atoms with Gasteiger partial charge >= 0.3 is 21.7 Å². The molecule has 4 aromatic rings. The van der Waals surface area contributed by atoms with Gasteiger partial charge in [-0.15, -0.1) is 16.7 Å².